The van der Waals surface area contributed by atoms with E-state index in [1.54, 1.807) is 6.92 Å². The van der Waals surface area contributed by atoms with Gasteiger partial charge in [0.1, 0.15) is 18.1 Å². The van der Waals surface area contributed by atoms with Gasteiger partial charge in [0.25, 0.3) is 0 Å². The van der Waals surface area contributed by atoms with Gasteiger partial charge in [0.2, 0.25) is 23.6 Å². The topological polar surface area (TPSA) is 264 Å². The highest BCUT2D eigenvalue weighted by Gasteiger charge is 2.39. The number of likely N-dealkylation sites (tertiary alicyclic amines) is 2. The maximum Gasteiger partial charge on any atom is 0.490 e. The van der Waals surface area contributed by atoms with Crippen LogP contribution in [0, 0.1) is 0 Å². The summed E-state index contributed by atoms with van der Waals surface area (Å²) in [6, 6.07) is -3.39. The average molecular weight is 611 g/mol. The Hall–Kier alpha value is -4.16. The minimum absolute atomic E-state index is 0.103. The molecular formula is C23H37F3N8O8. The van der Waals surface area contributed by atoms with Crippen molar-refractivity contribution in [3.05, 3.63) is 0 Å². The summed E-state index contributed by atoms with van der Waals surface area (Å²) in [4.78, 5) is 77.4. The number of carboxylic acids is 2. The molecule has 2 heterocycles. The second kappa shape index (κ2) is 16.3. The summed E-state index contributed by atoms with van der Waals surface area (Å²) in [6.07, 6.45) is -2.53. The van der Waals surface area contributed by atoms with Gasteiger partial charge in [0.15, 0.2) is 5.96 Å². The van der Waals surface area contributed by atoms with E-state index in [4.69, 9.17) is 27.1 Å². The molecule has 2 aliphatic heterocycles. The molecular weight excluding hydrogens is 573 g/mol. The first-order valence-corrected chi connectivity index (χ1v) is 13.0. The Labute approximate surface area is 238 Å². The van der Waals surface area contributed by atoms with Gasteiger partial charge in [-0.15, -0.1) is 0 Å². The Morgan fingerprint density at radius 2 is 1.50 bits per heavy atom. The Morgan fingerprint density at radius 3 is 1.98 bits per heavy atom. The Kier molecular flexibility index (Phi) is 13.9. The first kappa shape index (κ1) is 35.9. The molecule has 42 heavy (non-hydrogen) atoms. The van der Waals surface area contributed by atoms with E-state index in [0.29, 0.717) is 45.2 Å². The lowest BCUT2D eigenvalue weighted by Crippen LogP contribution is -2.54. The standard InChI is InChI=1S/C21H36N8O6.C2HF3O2/c1-12(22)19(33)29-10-4-6-14(29)17(31)26-11-16(30)28-9-3-7-15(28)18(32)27-13(20(34)35)5-2-8-25-21(23)24;3-2(4,5)1(6)7/h12-15H,2-11,22H2,1H3,(H,26,31)(H,27,32)(H,34,35)(H4,23,24,25);(H,6,7)/t12-,13-,14-,15-;/m0./s1. The zero-order valence-corrected chi connectivity index (χ0v) is 22.9. The van der Waals surface area contributed by atoms with Gasteiger partial charge in [0.05, 0.1) is 12.6 Å². The number of rotatable bonds is 11. The molecule has 0 spiro atoms. The van der Waals surface area contributed by atoms with E-state index in [1.807, 2.05) is 0 Å². The van der Waals surface area contributed by atoms with Crippen molar-refractivity contribution in [2.24, 2.45) is 22.2 Å². The minimum Gasteiger partial charge on any atom is -0.480 e. The van der Waals surface area contributed by atoms with Crippen molar-refractivity contribution in [2.45, 2.75) is 75.8 Å². The number of halogens is 3. The lowest BCUT2D eigenvalue weighted by atomic mass is 10.1. The van der Waals surface area contributed by atoms with Crippen LogP contribution in [0.1, 0.15) is 45.4 Å². The smallest absolute Gasteiger partial charge is 0.480 e. The van der Waals surface area contributed by atoms with E-state index >= 15 is 0 Å². The molecule has 2 rings (SSSR count). The number of carbonyl (C=O) groups excluding carboxylic acids is 4. The average Bonchev–Trinajstić information content (AvgIpc) is 3.58. The van der Waals surface area contributed by atoms with Crippen LogP contribution in [-0.4, -0.2) is 118 Å². The predicted molar refractivity (Wildman–Crippen MR) is 139 cm³/mol. The van der Waals surface area contributed by atoms with Gasteiger partial charge in [-0.3, -0.25) is 24.2 Å². The highest BCUT2D eigenvalue weighted by molar-refractivity contribution is 5.94. The number of hydrogen-bond acceptors (Lipinski definition) is 8. The van der Waals surface area contributed by atoms with Crippen molar-refractivity contribution in [2.75, 3.05) is 26.2 Å². The number of hydrogen-bond donors (Lipinski definition) is 7. The number of amides is 4. The van der Waals surface area contributed by atoms with Crippen LogP contribution in [0.15, 0.2) is 4.99 Å². The van der Waals surface area contributed by atoms with E-state index in [2.05, 4.69) is 15.6 Å². The molecule has 2 fully saturated rings. The van der Waals surface area contributed by atoms with Gasteiger partial charge in [-0.05, 0) is 45.4 Å². The summed E-state index contributed by atoms with van der Waals surface area (Å²) in [6.45, 7) is 2.19. The number of carbonyl (C=O) groups is 6. The molecule has 0 bridgehead atoms. The number of aliphatic carboxylic acids is 2. The molecule has 0 unspecified atom stereocenters. The van der Waals surface area contributed by atoms with Gasteiger partial charge in [-0.2, -0.15) is 13.2 Å². The predicted octanol–water partition coefficient (Wildman–Crippen LogP) is -2.31. The number of nitrogens with one attached hydrogen (secondary N) is 2. The lowest BCUT2D eigenvalue weighted by Gasteiger charge is -2.27. The minimum atomic E-state index is -5.08. The van der Waals surface area contributed by atoms with E-state index in [0.717, 1.165) is 0 Å². The number of aliphatic imine (C=N–C) groups is 1. The molecule has 2 aliphatic rings. The molecule has 16 nitrogen and oxygen atoms in total. The summed E-state index contributed by atoms with van der Waals surface area (Å²) in [5.74, 6) is -5.86. The maximum absolute atomic E-state index is 12.8. The van der Waals surface area contributed by atoms with Gasteiger partial charge in [-0.25, -0.2) is 9.59 Å². The summed E-state index contributed by atoms with van der Waals surface area (Å²) in [7, 11) is 0. The van der Waals surface area contributed by atoms with E-state index < -0.39 is 60.0 Å². The Balaban J connectivity index is 0.00000112. The fraction of sp³-hybridized carbons (Fsp3) is 0.696. The van der Waals surface area contributed by atoms with Crippen LogP contribution in [-0.2, 0) is 28.8 Å². The first-order valence-electron chi connectivity index (χ1n) is 13.0. The third-order valence-electron chi connectivity index (χ3n) is 6.32. The van der Waals surface area contributed by atoms with Crippen LogP contribution in [0.2, 0.25) is 0 Å². The van der Waals surface area contributed by atoms with Gasteiger partial charge in [-0.1, -0.05) is 0 Å². The molecule has 0 radical (unpaired) electrons. The SMILES string of the molecule is C[C@H](N)C(=O)N1CCC[C@H]1C(=O)NCC(=O)N1CCC[C@H]1C(=O)N[C@@H](CCCN=C(N)N)C(=O)O.O=C(O)C(F)(F)F. The second-order valence-electron chi connectivity index (χ2n) is 9.59. The number of alkyl halides is 3. The summed E-state index contributed by atoms with van der Waals surface area (Å²) in [5.41, 5.74) is 16.1. The van der Waals surface area contributed by atoms with Crippen molar-refractivity contribution in [3.8, 4) is 0 Å². The highest BCUT2D eigenvalue weighted by atomic mass is 19.4. The summed E-state index contributed by atoms with van der Waals surface area (Å²) < 4.78 is 31.7. The normalized spacial score (nSPS) is 19.5. The molecule has 0 saturated carbocycles. The van der Waals surface area contributed by atoms with Gasteiger partial charge < -0.3 is 47.8 Å². The zero-order valence-electron chi connectivity index (χ0n) is 22.9. The third-order valence-corrected chi connectivity index (χ3v) is 6.32. The fourth-order valence-corrected chi connectivity index (χ4v) is 4.31. The van der Waals surface area contributed by atoms with Crippen LogP contribution in [0.3, 0.4) is 0 Å². The van der Waals surface area contributed by atoms with Crippen molar-refractivity contribution in [1.82, 2.24) is 20.4 Å². The number of carboxylic acid groups (broad SMARTS) is 2. The first-order chi connectivity index (χ1) is 19.5. The number of guanidine groups is 1. The van der Waals surface area contributed by atoms with E-state index in [1.165, 1.54) is 9.80 Å². The van der Waals surface area contributed by atoms with Crippen molar-refractivity contribution >= 4 is 41.5 Å². The molecule has 4 atom stereocenters. The molecule has 0 aliphatic carbocycles. The van der Waals surface area contributed by atoms with Gasteiger partial charge >= 0.3 is 18.1 Å². The van der Waals surface area contributed by atoms with Gasteiger partial charge in [0, 0.05) is 19.6 Å². The van der Waals surface area contributed by atoms with Crippen molar-refractivity contribution in [1.29, 1.82) is 0 Å². The Bertz CT molecular complexity index is 1040. The second-order valence-corrected chi connectivity index (χ2v) is 9.59. The largest absolute Gasteiger partial charge is 0.490 e. The maximum atomic E-state index is 12.8. The molecule has 0 aromatic rings. The molecule has 0 aromatic carbocycles. The zero-order chi connectivity index (χ0) is 32.2. The third kappa shape index (κ3) is 11.4. The number of nitrogens with two attached hydrogens (primary N) is 3. The molecule has 4 amide bonds. The number of nitrogens with zero attached hydrogens (tertiary/aromatic N) is 3. The Morgan fingerprint density at radius 1 is 0.976 bits per heavy atom. The molecule has 238 valence electrons. The van der Waals surface area contributed by atoms with Crippen LogP contribution in [0.25, 0.3) is 0 Å². The van der Waals surface area contributed by atoms with E-state index in [9.17, 15) is 42.3 Å². The van der Waals surface area contributed by atoms with Crippen LogP contribution < -0.4 is 27.8 Å². The van der Waals surface area contributed by atoms with E-state index in [-0.39, 0.29) is 31.4 Å². The lowest BCUT2D eigenvalue weighted by molar-refractivity contribution is -0.192. The van der Waals surface area contributed by atoms with Crippen molar-refractivity contribution < 1.29 is 52.2 Å². The molecule has 10 N–H and O–H groups in total. The molecule has 19 heteroatoms. The summed E-state index contributed by atoms with van der Waals surface area (Å²) in [5, 5.41) is 21.6. The monoisotopic (exact) mass is 610 g/mol. The fourth-order valence-electron chi connectivity index (χ4n) is 4.31. The van der Waals surface area contributed by atoms with Crippen molar-refractivity contribution in [3.63, 3.8) is 0 Å². The quantitative estimate of drug-likeness (QED) is 0.0742. The summed E-state index contributed by atoms with van der Waals surface area (Å²) >= 11 is 0. The highest BCUT2D eigenvalue weighted by Crippen LogP contribution is 2.20. The molecule has 2 saturated heterocycles. The molecule has 0 aromatic heterocycles. The van der Waals surface area contributed by atoms with Crippen LogP contribution in [0.5, 0.6) is 0 Å². The van der Waals surface area contributed by atoms with Crippen LogP contribution >= 0.6 is 0 Å². The van der Waals surface area contributed by atoms with Crippen LogP contribution in [0.4, 0.5) is 13.2 Å².